The maximum Gasteiger partial charge on any atom is 0.338 e. The zero-order chi connectivity index (χ0) is 31.2. The van der Waals surface area contributed by atoms with Crippen LogP contribution < -0.4 is 0 Å². The molecular formula is C27H52O13Si. The molecule has 0 spiro atoms. The fraction of sp³-hybridized carbons (Fsp3) is 0.889. The van der Waals surface area contributed by atoms with Crippen molar-refractivity contribution in [2.24, 2.45) is 0 Å². The molecule has 0 aromatic carbocycles. The van der Waals surface area contributed by atoms with E-state index in [0.29, 0.717) is 39.6 Å². The molecule has 0 amide bonds. The third kappa shape index (κ3) is 17.8. The van der Waals surface area contributed by atoms with Crippen LogP contribution in [0.15, 0.2) is 0 Å². The lowest BCUT2D eigenvalue weighted by Gasteiger charge is -2.43. The Morgan fingerprint density at radius 3 is 1.22 bits per heavy atom. The molecule has 13 nitrogen and oxygen atoms in total. The Bertz CT molecular complexity index is 694. The molecule has 0 aromatic heterocycles. The fourth-order valence-electron chi connectivity index (χ4n) is 3.02. The third-order valence-electron chi connectivity index (χ3n) is 6.23. The summed E-state index contributed by atoms with van der Waals surface area (Å²) in [5.74, 6) is -2.37. The van der Waals surface area contributed by atoms with E-state index in [0.717, 1.165) is 0 Å². The first kappa shape index (κ1) is 39.3. The molecule has 0 atom stereocenters. The number of rotatable bonds is 25. The van der Waals surface area contributed by atoms with E-state index in [-0.39, 0.29) is 44.7 Å². The number of hydrogen-bond acceptors (Lipinski definition) is 13. The van der Waals surface area contributed by atoms with Crippen molar-refractivity contribution in [1.82, 2.24) is 0 Å². The van der Waals surface area contributed by atoms with E-state index < -0.39 is 44.7 Å². The number of carbonyl (C=O) groups excluding carboxylic acids is 3. The van der Waals surface area contributed by atoms with Crippen LogP contribution in [0.5, 0.6) is 0 Å². The normalized spacial score (nSPS) is 12.3. The summed E-state index contributed by atoms with van der Waals surface area (Å²) >= 11 is 0. The lowest BCUT2D eigenvalue weighted by atomic mass is 9.95. The highest BCUT2D eigenvalue weighted by Gasteiger charge is 2.53. The first-order valence-corrected chi connectivity index (χ1v) is 16.6. The largest absolute Gasteiger partial charge is 0.463 e. The van der Waals surface area contributed by atoms with E-state index in [1.54, 1.807) is 21.3 Å². The van der Waals surface area contributed by atoms with Gasteiger partial charge >= 0.3 is 17.9 Å². The Hall–Kier alpha value is -1.65. The Morgan fingerprint density at radius 2 is 0.878 bits per heavy atom. The summed E-state index contributed by atoms with van der Waals surface area (Å²) in [5, 5.41) is -0.361. The van der Waals surface area contributed by atoms with E-state index in [4.69, 9.17) is 47.1 Å². The molecule has 0 fully saturated rings. The molecule has 242 valence electrons. The number of carbonyl (C=O) groups is 3. The highest BCUT2D eigenvalue weighted by Crippen LogP contribution is 2.41. The average Bonchev–Trinajstić information content (AvgIpc) is 2.89. The molecule has 0 saturated heterocycles. The maximum atomic E-state index is 13.6. The van der Waals surface area contributed by atoms with Gasteiger partial charge < -0.3 is 47.1 Å². The Labute approximate surface area is 245 Å². The second-order valence-corrected chi connectivity index (χ2v) is 15.3. The fourth-order valence-corrected chi connectivity index (χ4v) is 4.53. The molecule has 0 aliphatic heterocycles. The summed E-state index contributed by atoms with van der Waals surface area (Å²) in [7, 11) is 1.90. The van der Waals surface area contributed by atoms with Crippen LogP contribution in [0, 0.1) is 0 Å². The van der Waals surface area contributed by atoms with E-state index in [1.807, 2.05) is 33.9 Å². The Morgan fingerprint density at radius 1 is 0.537 bits per heavy atom. The van der Waals surface area contributed by atoms with E-state index in [9.17, 15) is 14.4 Å². The molecule has 0 heterocycles. The van der Waals surface area contributed by atoms with Crippen LogP contribution in [0.2, 0.25) is 18.1 Å². The van der Waals surface area contributed by atoms with Gasteiger partial charge in [-0.3, -0.25) is 9.59 Å². The summed E-state index contributed by atoms with van der Waals surface area (Å²) in [6.45, 7) is 12.1. The Balaban J connectivity index is 5.78. The lowest BCUT2D eigenvalue weighted by Crippen LogP contribution is -2.56. The van der Waals surface area contributed by atoms with Gasteiger partial charge in [0.25, 0.3) is 0 Å². The van der Waals surface area contributed by atoms with Gasteiger partial charge in [0, 0.05) is 21.3 Å². The van der Waals surface area contributed by atoms with Crippen molar-refractivity contribution in [3.05, 3.63) is 0 Å². The highest BCUT2D eigenvalue weighted by molar-refractivity contribution is 6.74. The van der Waals surface area contributed by atoms with Gasteiger partial charge in [-0.25, -0.2) is 4.79 Å². The van der Waals surface area contributed by atoms with Gasteiger partial charge in [0.1, 0.15) is 19.8 Å². The zero-order valence-electron chi connectivity index (χ0n) is 26.2. The molecule has 0 bridgehead atoms. The van der Waals surface area contributed by atoms with Gasteiger partial charge in [-0.2, -0.15) is 0 Å². The molecule has 0 radical (unpaired) electrons. The van der Waals surface area contributed by atoms with Crippen LogP contribution in [0.1, 0.15) is 33.6 Å². The van der Waals surface area contributed by atoms with Gasteiger partial charge in [0.05, 0.1) is 72.3 Å². The van der Waals surface area contributed by atoms with Gasteiger partial charge in [-0.15, -0.1) is 0 Å². The van der Waals surface area contributed by atoms with Crippen LogP contribution in [0.4, 0.5) is 0 Å². The van der Waals surface area contributed by atoms with Crippen molar-refractivity contribution in [3.63, 3.8) is 0 Å². The van der Waals surface area contributed by atoms with Crippen molar-refractivity contribution >= 4 is 26.2 Å². The van der Waals surface area contributed by atoms with E-state index >= 15 is 0 Å². The molecule has 41 heavy (non-hydrogen) atoms. The summed E-state index contributed by atoms with van der Waals surface area (Å²) in [4.78, 5) is 39.6. The molecule has 0 saturated carbocycles. The first-order valence-electron chi connectivity index (χ1n) is 13.7. The van der Waals surface area contributed by atoms with Crippen molar-refractivity contribution in [1.29, 1.82) is 0 Å². The number of esters is 3. The standard InChI is InChI=1S/C27H52O13Si/c1-26(2,3)41(7,8)40-27(25(30)39-20-17-36-14-11-33-6,21-23(28)37-18-15-34-12-9-31-4)22-24(29)38-19-16-35-13-10-32-5/h9-22H2,1-8H3. The van der Waals surface area contributed by atoms with Gasteiger partial charge in [0.2, 0.25) is 0 Å². The van der Waals surface area contributed by atoms with Gasteiger partial charge in [-0.1, -0.05) is 20.8 Å². The smallest absolute Gasteiger partial charge is 0.338 e. The molecule has 0 unspecified atom stereocenters. The molecular weight excluding hydrogens is 560 g/mol. The Kier molecular flexibility index (Phi) is 21.1. The molecule has 0 rings (SSSR count). The topological polar surface area (TPSA) is 144 Å². The third-order valence-corrected chi connectivity index (χ3v) is 10.7. The van der Waals surface area contributed by atoms with Crippen LogP contribution in [-0.2, 0) is 61.4 Å². The molecule has 0 aromatic rings. The summed E-state index contributed by atoms with van der Waals surface area (Å²) in [6.07, 6.45) is -1.11. The van der Waals surface area contributed by atoms with Crippen LogP contribution in [-0.4, -0.2) is 132 Å². The van der Waals surface area contributed by atoms with Crippen LogP contribution in [0.3, 0.4) is 0 Å². The van der Waals surface area contributed by atoms with E-state index in [2.05, 4.69) is 0 Å². The van der Waals surface area contributed by atoms with Crippen molar-refractivity contribution in [3.8, 4) is 0 Å². The maximum absolute atomic E-state index is 13.6. The summed E-state index contributed by atoms with van der Waals surface area (Å²) in [5.41, 5.74) is -1.97. The number of methoxy groups -OCH3 is 3. The predicted molar refractivity (Wildman–Crippen MR) is 151 cm³/mol. The first-order chi connectivity index (χ1) is 19.3. The number of ether oxygens (including phenoxy) is 9. The van der Waals surface area contributed by atoms with Crippen molar-refractivity contribution in [2.45, 2.75) is 57.3 Å². The number of hydrogen-bond donors (Lipinski definition) is 0. The lowest BCUT2D eigenvalue weighted by molar-refractivity contribution is -0.177. The quantitative estimate of drug-likeness (QED) is 0.0643. The SMILES string of the molecule is COCCOCCOC(=O)CC(CC(=O)OCCOCCOC)(O[Si](C)(C)C(C)(C)C)C(=O)OCCOCCOC. The second-order valence-electron chi connectivity index (χ2n) is 10.6. The summed E-state index contributed by atoms with van der Waals surface area (Å²) in [6, 6.07) is 0. The zero-order valence-corrected chi connectivity index (χ0v) is 27.2. The predicted octanol–water partition coefficient (Wildman–Crippen LogP) is 2.15. The minimum Gasteiger partial charge on any atom is -0.463 e. The molecule has 0 aliphatic carbocycles. The van der Waals surface area contributed by atoms with E-state index in [1.165, 1.54) is 0 Å². The monoisotopic (exact) mass is 612 g/mol. The minimum absolute atomic E-state index is 0.0512. The second kappa shape index (κ2) is 22.0. The molecule has 0 aliphatic rings. The minimum atomic E-state index is -2.75. The summed E-state index contributed by atoms with van der Waals surface area (Å²) < 4.78 is 53.4. The molecule has 0 N–H and O–H groups in total. The molecule has 14 heteroatoms. The van der Waals surface area contributed by atoms with Crippen LogP contribution in [0.25, 0.3) is 0 Å². The highest BCUT2D eigenvalue weighted by atomic mass is 28.4. The average molecular weight is 613 g/mol. The van der Waals surface area contributed by atoms with Crippen molar-refractivity contribution in [2.75, 3.05) is 101 Å². The van der Waals surface area contributed by atoms with Crippen molar-refractivity contribution < 1.29 is 61.4 Å². The van der Waals surface area contributed by atoms with Crippen LogP contribution >= 0.6 is 0 Å². The van der Waals surface area contributed by atoms with Gasteiger partial charge in [-0.05, 0) is 18.1 Å². The van der Waals surface area contributed by atoms with Gasteiger partial charge in [0.15, 0.2) is 13.9 Å².